The number of nitrogens with zero attached hydrogens (tertiary/aromatic N) is 1. The van der Waals surface area contributed by atoms with Crippen LogP contribution in [-0.4, -0.2) is 16.4 Å². The number of aromatic nitrogens is 2. The minimum atomic E-state index is -0.0141. The summed E-state index contributed by atoms with van der Waals surface area (Å²) in [5.41, 5.74) is 1.92. The molecule has 1 heterocycles. The second kappa shape index (κ2) is 6.52. The smallest absolute Gasteiger partial charge is 0.274 e. The van der Waals surface area contributed by atoms with E-state index in [9.17, 15) is 4.79 Å². The van der Waals surface area contributed by atoms with Crippen molar-refractivity contribution in [2.75, 3.05) is 6.61 Å². The maximum Gasteiger partial charge on any atom is 0.274 e. The third-order valence-corrected chi connectivity index (χ3v) is 3.67. The van der Waals surface area contributed by atoms with Gasteiger partial charge in [0.05, 0.1) is 24.1 Å². The molecular weight excluding hydrogens is 276 g/mol. The van der Waals surface area contributed by atoms with Crippen LogP contribution in [0.3, 0.4) is 0 Å². The van der Waals surface area contributed by atoms with Gasteiger partial charge >= 0.3 is 0 Å². The first-order valence-electron chi connectivity index (χ1n) is 7.67. The summed E-state index contributed by atoms with van der Waals surface area (Å²) in [5, 5.41) is 3.83. The van der Waals surface area contributed by atoms with Crippen LogP contribution < -0.4 is 10.3 Å². The average Bonchev–Trinajstić information content (AvgIpc) is 2.85. The van der Waals surface area contributed by atoms with Crippen LogP contribution in [0.1, 0.15) is 25.3 Å². The lowest BCUT2D eigenvalue weighted by Gasteiger charge is -2.04. The Balaban J connectivity index is 1.87. The molecule has 2 aromatic carbocycles. The van der Waals surface area contributed by atoms with Crippen LogP contribution >= 0.6 is 0 Å². The first-order chi connectivity index (χ1) is 10.8. The third kappa shape index (κ3) is 3.06. The predicted octanol–water partition coefficient (Wildman–Crippen LogP) is 3.56. The van der Waals surface area contributed by atoms with Crippen molar-refractivity contribution in [3.63, 3.8) is 0 Å². The van der Waals surface area contributed by atoms with Crippen molar-refractivity contribution < 1.29 is 4.74 Å². The molecule has 0 unspecified atom stereocenters. The highest BCUT2D eigenvalue weighted by atomic mass is 16.5. The molecule has 1 N–H and O–H groups in total. The Morgan fingerprint density at radius 3 is 2.73 bits per heavy atom. The number of benzene rings is 2. The van der Waals surface area contributed by atoms with Crippen LogP contribution in [0, 0.1) is 0 Å². The summed E-state index contributed by atoms with van der Waals surface area (Å²) in [7, 11) is 0. The number of nitrogens with one attached hydrogen (secondary N) is 1. The van der Waals surface area contributed by atoms with Crippen molar-refractivity contribution in [2.45, 2.75) is 26.3 Å². The first kappa shape index (κ1) is 14.4. The van der Waals surface area contributed by atoms with Gasteiger partial charge in [-0.15, -0.1) is 0 Å². The van der Waals surface area contributed by atoms with Gasteiger partial charge in [0.2, 0.25) is 0 Å². The van der Waals surface area contributed by atoms with Crippen molar-refractivity contribution in [1.82, 2.24) is 9.78 Å². The summed E-state index contributed by atoms with van der Waals surface area (Å²) in [6.07, 6.45) is 2.11. The molecule has 0 saturated carbocycles. The number of unbranched alkanes of at least 4 members (excludes halogenated alkanes) is 1. The van der Waals surface area contributed by atoms with E-state index >= 15 is 0 Å². The molecular formula is C18H20N2O2. The zero-order chi connectivity index (χ0) is 15.4. The van der Waals surface area contributed by atoms with Crippen LogP contribution in [0.5, 0.6) is 5.75 Å². The minimum absolute atomic E-state index is 0.0141. The van der Waals surface area contributed by atoms with E-state index in [4.69, 9.17) is 4.74 Å². The van der Waals surface area contributed by atoms with Gasteiger partial charge in [0.15, 0.2) is 0 Å². The number of fused-ring (bicyclic) bond motifs is 1. The summed E-state index contributed by atoms with van der Waals surface area (Å²) in [4.78, 5) is 12.5. The Bertz CT molecular complexity index is 803. The van der Waals surface area contributed by atoms with E-state index in [1.165, 1.54) is 0 Å². The van der Waals surface area contributed by atoms with E-state index < -0.39 is 0 Å². The van der Waals surface area contributed by atoms with E-state index in [0.29, 0.717) is 18.5 Å². The van der Waals surface area contributed by atoms with Gasteiger partial charge in [-0.1, -0.05) is 43.7 Å². The predicted molar refractivity (Wildman–Crippen MR) is 88.5 cm³/mol. The van der Waals surface area contributed by atoms with Crippen molar-refractivity contribution in [3.8, 4) is 5.75 Å². The molecule has 0 spiro atoms. The molecule has 3 rings (SSSR count). The molecule has 0 aliphatic heterocycles. The Hall–Kier alpha value is -2.49. The SMILES string of the molecule is CCCCOc1ccc2[nH]n(Cc3ccccc3)c(=O)c2c1. The maximum absolute atomic E-state index is 12.5. The van der Waals surface area contributed by atoms with Gasteiger partial charge in [0.1, 0.15) is 5.75 Å². The lowest BCUT2D eigenvalue weighted by molar-refractivity contribution is 0.310. The largest absolute Gasteiger partial charge is 0.494 e. The van der Waals surface area contributed by atoms with E-state index in [1.54, 1.807) is 4.68 Å². The van der Waals surface area contributed by atoms with Crippen LogP contribution in [0.4, 0.5) is 0 Å². The average molecular weight is 296 g/mol. The summed E-state index contributed by atoms with van der Waals surface area (Å²) in [6, 6.07) is 15.6. The quantitative estimate of drug-likeness (QED) is 0.707. The Labute approximate surface area is 129 Å². The second-order valence-corrected chi connectivity index (χ2v) is 5.40. The number of hydrogen-bond acceptors (Lipinski definition) is 2. The van der Waals surface area contributed by atoms with Gasteiger partial charge in [-0.2, -0.15) is 0 Å². The molecule has 0 atom stereocenters. The van der Waals surface area contributed by atoms with Crippen LogP contribution in [0.25, 0.3) is 10.9 Å². The molecule has 3 aromatic rings. The third-order valence-electron chi connectivity index (χ3n) is 3.67. The standard InChI is InChI=1S/C18H20N2O2/c1-2-3-11-22-15-9-10-17-16(12-15)18(21)20(19-17)13-14-7-5-4-6-8-14/h4-10,12,19H,2-3,11,13H2,1H3. The van der Waals surface area contributed by atoms with E-state index in [-0.39, 0.29) is 5.56 Å². The molecule has 0 aliphatic carbocycles. The van der Waals surface area contributed by atoms with Gasteiger partial charge in [-0.3, -0.25) is 9.89 Å². The maximum atomic E-state index is 12.5. The molecule has 0 amide bonds. The van der Waals surface area contributed by atoms with Gasteiger partial charge in [-0.25, -0.2) is 4.68 Å². The van der Waals surface area contributed by atoms with Crippen LogP contribution in [-0.2, 0) is 6.54 Å². The Kier molecular flexibility index (Phi) is 4.28. The van der Waals surface area contributed by atoms with E-state index in [2.05, 4.69) is 12.0 Å². The van der Waals surface area contributed by atoms with E-state index in [0.717, 1.165) is 29.7 Å². The van der Waals surface area contributed by atoms with Crippen molar-refractivity contribution >= 4 is 10.9 Å². The van der Waals surface area contributed by atoms with Crippen molar-refractivity contribution in [1.29, 1.82) is 0 Å². The zero-order valence-electron chi connectivity index (χ0n) is 12.7. The van der Waals surface area contributed by atoms with Crippen molar-refractivity contribution in [3.05, 3.63) is 64.4 Å². The zero-order valence-corrected chi connectivity index (χ0v) is 12.7. The monoisotopic (exact) mass is 296 g/mol. The number of ether oxygens (including phenoxy) is 1. The minimum Gasteiger partial charge on any atom is -0.494 e. The Morgan fingerprint density at radius 1 is 1.14 bits per heavy atom. The summed E-state index contributed by atoms with van der Waals surface area (Å²) in [6.45, 7) is 3.35. The highest BCUT2D eigenvalue weighted by molar-refractivity contribution is 5.79. The van der Waals surface area contributed by atoms with Gasteiger partial charge in [0.25, 0.3) is 5.56 Å². The molecule has 114 valence electrons. The van der Waals surface area contributed by atoms with Gasteiger partial charge in [-0.05, 0) is 30.2 Å². The number of H-pyrrole nitrogens is 1. The fourth-order valence-corrected chi connectivity index (χ4v) is 2.44. The molecule has 1 aromatic heterocycles. The number of rotatable bonds is 6. The lowest BCUT2D eigenvalue weighted by atomic mass is 10.2. The molecule has 0 radical (unpaired) electrons. The van der Waals surface area contributed by atoms with Crippen LogP contribution in [0.2, 0.25) is 0 Å². The van der Waals surface area contributed by atoms with Gasteiger partial charge in [0, 0.05) is 0 Å². The molecule has 0 aliphatic rings. The molecule has 22 heavy (non-hydrogen) atoms. The second-order valence-electron chi connectivity index (χ2n) is 5.40. The number of hydrogen-bond donors (Lipinski definition) is 1. The summed E-state index contributed by atoms with van der Waals surface area (Å²) < 4.78 is 7.31. The summed E-state index contributed by atoms with van der Waals surface area (Å²) >= 11 is 0. The highest BCUT2D eigenvalue weighted by Gasteiger charge is 2.08. The normalized spacial score (nSPS) is 11.0. The van der Waals surface area contributed by atoms with Crippen LogP contribution in [0.15, 0.2) is 53.3 Å². The first-order valence-corrected chi connectivity index (χ1v) is 7.67. The molecule has 4 heteroatoms. The fourth-order valence-electron chi connectivity index (χ4n) is 2.44. The number of aromatic amines is 1. The highest BCUT2D eigenvalue weighted by Crippen LogP contribution is 2.17. The molecule has 0 bridgehead atoms. The molecule has 0 saturated heterocycles. The van der Waals surface area contributed by atoms with Crippen molar-refractivity contribution in [2.24, 2.45) is 0 Å². The molecule has 4 nitrogen and oxygen atoms in total. The van der Waals surface area contributed by atoms with E-state index in [1.807, 2.05) is 48.5 Å². The fraction of sp³-hybridized carbons (Fsp3) is 0.278. The molecule has 0 fully saturated rings. The van der Waals surface area contributed by atoms with Gasteiger partial charge < -0.3 is 4.74 Å². The summed E-state index contributed by atoms with van der Waals surface area (Å²) in [5.74, 6) is 0.754. The topological polar surface area (TPSA) is 47.0 Å². The lowest BCUT2D eigenvalue weighted by Crippen LogP contribution is -2.17. The Morgan fingerprint density at radius 2 is 1.95 bits per heavy atom.